The minimum atomic E-state index is 0.678. The first-order valence-electron chi connectivity index (χ1n) is 8.84. The maximum absolute atomic E-state index is 4.61. The van der Waals surface area contributed by atoms with Crippen molar-refractivity contribution < 1.29 is 0 Å². The van der Waals surface area contributed by atoms with Crippen LogP contribution in [0.1, 0.15) is 17.0 Å². The Morgan fingerprint density at radius 2 is 1.85 bits per heavy atom. The predicted molar refractivity (Wildman–Crippen MR) is 106 cm³/mol. The molecule has 0 saturated heterocycles. The first-order valence-corrected chi connectivity index (χ1v) is 8.84. The lowest BCUT2D eigenvalue weighted by Crippen LogP contribution is -2.38. The second-order valence-corrected chi connectivity index (χ2v) is 6.24. The summed E-state index contributed by atoms with van der Waals surface area (Å²) >= 11 is 0. The molecule has 0 aliphatic rings. The molecular weight excluding hydrogens is 324 g/mol. The largest absolute Gasteiger partial charge is 0.355 e. The Kier molecular flexibility index (Phi) is 5.73. The van der Waals surface area contributed by atoms with Gasteiger partial charge < -0.3 is 15.2 Å². The van der Waals surface area contributed by atoms with Crippen LogP contribution in [0.4, 0.5) is 0 Å². The standard InChI is InChI=1S/C20H26N6/c1-16-14-17(2)26(24-16)19-9-5-4-8-18(19)15-23-20(21-3)22-10-13-25-11-6-7-12-25/h4-9,11-12,14H,10,13,15H2,1-3H3,(H2,21,22,23). The van der Waals surface area contributed by atoms with E-state index < -0.39 is 0 Å². The number of aliphatic imine (C=N–C) groups is 1. The Balaban J connectivity index is 1.62. The molecule has 1 aromatic carbocycles. The van der Waals surface area contributed by atoms with Crippen LogP contribution in [0.25, 0.3) is 5.69 Å². The molecule has 0 radical (unpaired) electrons. The third-order valence-electron chi connectivity index (χ3n) is 4.23. The molecular formula is C20H26N6. The van der Waals surface area contributed by atoms with E-state index in [0.717, 1.165) is 36.1 Å². The first-order chi connectivity index (χ1) is 12.7. The highest BCUT2D eigenvalue weighted by atomic mass is 15.3. The summed E-state index contributed by atoms with van der Waals surface area (Å²) in [5.74, 6) is 0.792. The number of hydrogen-bond acceptors (Lipinski definition) is 2. The number of aromatic nitrogens is 3. The maximum Gasteiger partial charge on any atom is 0.191 e. The Labute approximate surface area is 154 Å². The summed E-state index contributed by atoms with van der Waals surface area (Å²) in [6.07, 6.45) is 4.12. The fourth-order valence-electron chi connectivity index (χ4n) is 2.96. The molecule has 0 fully saturated rings. The van der Waals surface area contributed by atoms with Crippen molar-refractivity contribution in [2.45, 2.75) is 26.9 Å². The van der Waals surface area contributed by atoms with Crippen LogP contribution in [0, 0.1) is 13.8 Å². The van der Waals surface area contributed by atoms with Crippen molar-refractivity contribution in [2.75, 3.05) is 13.6 Å². The predicted octanol–water partition coefficient (Wildman–Crippen LogP) is 2.66. The van der Waals surface area contributed by atoms with Crippen LogP contribution in [0.2, 0.25) is 0 Å². The topological polar surface area (TPSA) is 59.2 Å². The summed E-state index contributed by atoms with van der Waals surface area (Å²) in [6.45, 7) is 6.48. The van der Waals surface area contributed by atoms with Gasteiger partial charge in [0.25, 0.3) is 0 Å². The number of hydrogen-bond donors (Lipinski definition) is 2. The van der Waals surface area contributed by atoms with Crippen LogP contribution in [0.15, 0.2) is 59.9 Å². The smallest absolute Gasteiger partial charge is 0.191 e. The average molecular weight is 350 g/mol. The molecule has 2 aromatic heterocycles. The number of guanidine groups is 1. The van der Waals surface area contributed by atoms with Crippen LogP contribution in [0.5, 0.6) is 0 Å². The van der Waals surface area contributed by atoms with Crippen molar-refractivity contribution >= 4 is 5.96 Å². The highest BCUT2D eigenvalue weighted by molar-refractivity contribution is 5.79. The van der Waals surface area contributed by atoms with Gasteiger partial charge in [-0.15, -0.1) is 0 Å². The van der Waals surface area contributed by atoms with Gasteiger partial charge in [0.15, 0.2) is 5.96 Å². The number of nitrogens with zero attached hydrogens (tertiary/aromatic N) is 4. The number of aryl methyl sites for hydroxylation is 2. The minimum Gasteiger partial charge on any atom is -0.355 e. The molecule has 0 aliphatic heterocycles. The van der Waals surface area contributed by atoms with Gasteiger partial charge in [0.1, 0.15) is 0 Å². The number of rotatable bonds is 6. The second kappa shape index (κ2) is 8.38. The van der Waals surface area contributed by atoms with E-state index in [1.807, 2.05) is 29.8 Å². The first kappa shape index (κ1) is 17.8. The third kappa shape index (κ3) is 4.33. The fraction of sp³-hybridized carbons (Fsp3) is 0.300. The molecule has 3 aromatic rings. The van der Waals surface area contributed by atoms with E-state index in [1.54, 1.807) is 7.05 Å². The minimum absolute atomic E-state index is 0.678. The molecule has 6 heteroatoms. The zero-order chi connectivity index (χ0) is 18.4. The quantitative estimate of drug-likeness (QED) is 0.531. The van der Waals surface area contributed by atoms with Gasteiger partial charge in [0.2, 0.25) is 0 Å². The molecule has 2 heterocycles. The highest BCUT2D eigenvalue weighted by Gasteiger charge is 2.09. The van der Waals surface area contributed by atoms with E-state index in [0.29, 0.717) is 6.54 Å². The van der Waals surface area contributed by atoms with Crippen LogP contribution >= 0.6 is 0 Å². The molecule has 136 valence electrons. The van der Waals surface area contributed by atoms with E-state index in [9.17, 15) is 0 Å². The SMILES string of the molecule is CN=C(NCCn1cccc1)NCc1ccccc1-n1nc(C)cc1C. The number of nitrogens with one attached hydrogen (secondary N) is 2. The van der Waals surface area contributed by atoms with E-state index in [1.165, 1.54) is 5.56 Å². The maximum atomic E-state index is 4.61. The molecule has 26 heavy (non-hydrogen) atoms. The van der Waals surface area contributed by atoms with E-state index in [2.05, 4.69) is 68.9 Å². The molecule has 6 nitrogen and oxygen atoms in total. The van der Waals surface area contributed by atoms with Gasteiger partial charge in [-0.25, -0.2) is 4.68 Å². The van der Waals surface area contributed by atoms with E-state index >= 15 is 0 Å². The Morgan fingerprint density at radius 1 is 1.08 bits per heavy atom. The Morgan fingerprint density at radius 3 is 2.54 bits per heavy atom. The summed E-state index contributed by atoms with van der Waals surface area (Å²) in [6, 6.07) is 14.5. The van der Waals surface area contributed by atoms with Gasteiger partial charge in [0, 0.05) is 44.8 Å². The van der Waals surface area contributed by atoms with Crippen molar-refractivity contribution in [3.63, 3.8) is 0 Å². The van der Waals surface area contributed by atoms with Gasteiger partial charge in [-0.3, -0.25) is 4.99 Å². The van der Waals surface area contributed by atoms with Gasteiger partial charge in [0.05, 0.1) is 11.4 Å². The lowest BCUT2D eigenvalue weighted by atomic mass is 10.1. The monoisotopic (exact) mass is 350 g/mol. The van der Waals surface area contributed by atoms with Gasteiger partial charge in [-0.05, 0) is 43.7 Å². The molecule has 0 aliphatic carbocycles. The molecule has 0 amide bonds. The lowest BCUT2D eigenvalue weighted by molar-refractivity contribution is 0.665. The van der Waals surface area contributed by atoms with Gasteiger partial charge in [-0.2, -0.15) is 5.10 Å². The van der Waals surface area contributed by atoms with Crippen LogP contribution in [-0.2, 0) is 13.1 Å². The molecule has 0 spiro atoms. The van der Waals surface area contributed by atoms with Gasteiger partial charge in [-0.1, -0.05) is 18.2 Å². The van der Waals surface area contributed by atoms with E-state index in [-0.39, 0.29) is 0 Å². The van der Waals surface area contributed by atoms with Crippen LogP contribution in [-0.4, -0.2) is 33.9 Å². The molecule has 0 atom stereocenters. The normalized spacial score (nSPS) is 11.6. The molecule has 0 unspecified atom stereocenters. The number of benzene rings is 1. The van der Waals surface area contributed by atoms with Crippen LogP contribution in [0.3, 0.4) is 0 Å². The molecule has 2 N–H and O–H groups in total. The Hall–Kier alpha value is -3.02. The number of para-hydroxylation sites is 1. The van der Waals surface area contributed by atoms with Crippen LogP contribution < -0.4 is 10.6 Å². The molecule has 0 saturated carbocycles. The van der Waals surface area contributed by atoms with Crippen molar-refractivity contribution in [1.82, 2.24) is 25.0 Å². The summed E-state index contributed by atoms with van der Waals surface area (Å²) < 4.78 is 4.13. The van der Waals surface area contributed by atoms with Crippen molar-refractivity contribution in [1.29, 1.82) is 0 Å². The summed E-state index contributed by atoms with van der Waals surface area (Å²) in [5, 5.41) is 11.3. The highest BCUT2D eigenvalue weighted by Crippen LogP contribution is 2.16. The van der Waals surface area contributed by atoms with E-state index in [4.69, 9.17) is 0 Å². The lowest BCUT2D eigenvalue weighted by Gasteiger charge is -2.15. The van der Waals surface area contributed by atoms with Crippen molar-refractivity contribution in [2.24, 2.45) is 4.99 Å². The summed E-state index contributed by atoms with van der Waals surface area (Å²) in [7, 11) is 1.79. The van der Waals surface area contributed by atoms with Crippen molar-refractivity contribution in [3.05, 3.63) is 71.8 Å². The van der Waals surface area contributed by atoms with Gasteiger partial charge >= 0.3 is 0 Å². The zero-order valence-electron chi connectivity index (χ0n) is 15.6. The zero-order valence-corrected chi connectivity index (χ0v) is 15.6. The molecule has 0 bridgehead atoms. The second-order valence-electron chi connectivity index (χ2n) is 6.24. The fourth-order valence-corrected chi connectivity index (χ4v) is 2.96. The summed E-state index contributed by atoms with van der Waals surface area (Å²) in [5.41, 5.74) is 4.41. The summed E-state index contributed by atoms with van der Waals surface area (Å²) in [4.78, 5) is 4.31. The van der Waals surface area contributed by atoms with Crippen molar-refractivity contribution in [3.8, 4) is 5.69 Å². The Bertz CT molecular complexity index is 860. The third-order valence-corrected chi connectivity index (χ3v) is 4.23. The molecule has 3 rings (SSSR count). The average Bonchev–Trinajstić information content (AvgIpc) is 3.27.